The van der Waals surface area contributed by atoms with Crippen molar-refractivity contribution >= 4 is 15.7 Å². The maximum atomic E-state index is 12.6. The maximum absolute atomic E-state index is 12.6. The third-order valence-corrected chi connectivity index (χ3v) is 5.02. The van der Waals surface area contributed by atoms with Gasteiger partial charge in [0, 0.05) is 13.0 Å². The standard InChI is InChI=1S/C13H22F3NO3S/c1-12(2,3)8-17(9-13(14,15)16)11(18)6-10-4-5-21(19,20)7-10/h10H,4-9H2,1-3H3/t10-/m1/s1. The normalized spacial score (nSPS) is 22.3. The first-order valence-electron chi connectivity index (χ1n) is 6.82. The fraction of sp³-hybridized carbons (Fsp3) is 0.923. The van der Waals surface area contributed by atoms with Crippen LogP contribution in [0.1, 0.15) is 33.6 Å². The summed E-state index contributed by atoms with van der Waals surface area (Å²) >= 11 is 0. The van der Waals surface area contributed by atoms with Gasteiger partial charge in [-0.2, -0.15) is 13.2 Å². The van der Waals surface area contributed by atoms with Gasteiger partial charge in [0.2, 0.25) is 5.91 Å². The van der Waals surface area contributed by atoms with E-state index < -0.39 is 33.9 Å². The summed E-state index contributed by atoms with van der Waals surface area (Å²) in [5.74, 6) is -1.07. The van der Waals surface area contributed by atoms with Gasteiger partial charge in [-0.3, -0.25) is 4.79 Å². The highest BCUT2D eigenvalue weighted by molar-refractivity contribution is 7.91. The molecule has 1 rings (SSSR count). The van der Waals surface area contributed by atoms with Crippen molar-refractivity contribution in [2.75, 3.05) is 24.6 Å². The van der Waals surface area contributed by atoms with Gasteiger partial charge in [0.1, 0.15) is 6.54 Å². The number of hydrogen-bond acceptors (Lipinski definition) is 3. The molecular weight excluding hydrogens is 307 g/mol. The second-order valence-corrected chi connectivity index (χ2v) is 9.13. The molecule has 1 amide bonds. The van der Waals surface area contributed by atoms with Crippen molar-refractivity contribution in [1.82, 2.24) is 4.90 Å². The maximum Gasteiger partial charge on any atom is 0.406 e. The van der Waals surface area contributed by atoms with E-state index in [-0.39, 0.29) is 30.4 Å². The molecule has 1 atom stereocenters. The molecule has 0 aromatic rings. The summed E-state index contributed by atoms with van der Waals surface area (Å²) in [7, 11) is -3.13. The van der Waals surface area contributed by atoms with Crippen LogP contribution in [0.15, 0.2) is 0 Å². The van der Waals surface area contributed by atoms with Crippen molar-refractivity contribution in [1.29, 1.82) is 0 Å². The van der Waals surface area contributed by atoms with Crippen LogP contribution in [0.25, 0.3) is 0 Å². The van der Waals surface area contributed by atoms with Gasteiger partial charge in [-0.25, -0.2) is 8.42 Å². The third-order valence-electron chi connectivity index (χ3n) is 3.18. The van der Waals surface area contributed by atoms with Crippen LogP contribution in [0.3, 0.4) is 0 Å². The molecular formula is C13H22F3NO3S. The first kappa shape index (κ1) is 18.3. The summed E-state index contributed by atoms with van der Waals surface area (Å²) in [6, 6.07) is 0. The lowest BCUT2D eigenvalue weighted by Gasteiger charge is -2.31. The largest absolute Gasteiger partial charge is 0.406 e. The van der Waals surface area contributed by atoms with Crippen molar-refractivity contribution in [3.8, 4) is 0 Å². The Labute approximate surface area is 123 Å². The molecule has 1 heterocycles. The van der Waals surface area contributed by atoms with Crippen molar-refractivity contribution < 1.29 is 26.4 Å². The Kier molecular flexibility index (Phi) is 5.34. The van der Waals surface area contributed by atoms with Crippen LogP contribution < -0.4 is 0 Å². The van der Waals surface area contributed by atoms with E-state index in [1.807, 2.05) is 0 Å². The molecule has 1 saturated heterocycles. The van der Waals surface area contributed by atoms with E-state index in [1.165, 1.54) is 0 Å². The number of carbonyl (C=O) groups is 1. The summed E-state index contributed by atoms with van der Waals surface area (Å²) < 4.78 is 60.5. The van der Waals surface area contributed by atoms with Gasteiger partial charge in [-0.15, -0.1) is 0 Å². The Balaban J connectivity index is 2.71. The predicted molar refractivity (Wildman–Crippen MR) is 73.5 cm³/mol. The molecule has 0 unspecified atom stereocenters. The van der Waals surface area contributed by atoms with Crippen molar-refractivity contribution in [3.63, 3.8) is 0 Å². The van der Waals surface area contributed by atoms with E-state index in [9.17, 15) is 26.4 Å². The Morgan fingerprint density at radius 3 is 2.14 bits per heavy atom. The molecule has 1 fully saturated rings. The van der Waals surface area contributed by atoms with Gasteiger partial charge in [0.05, 0.1) is 11.5 Å². The number of rotatable bonds is 4. The van der Waals surface area contributed by atoms with E-state index in [2.05, 4.69) is 0 Å². The molecule has 0 aromatic carbocycles. The number of hydrogen-bond donors (Lipinski definition) is 0. The molecule has 0 aliphatic carbocycles. The van der Waals surface area contributed by atoms with E-state index in [1.54, 1.807) is 20.8 Å². The van der Waals surface area contributed by atoms with E-state index >= 15 is 0 Å². The minimum absolute atomic E-state index is 0.00911. The van der Waals surface area contributed by atoms with Gasteiger partial charge in [-0.05, 0) is 17.8 Å². The van der Waals surface area contributed by atoms with Crippen LogP contribution in [0.4, 0.5) is 13.2 Å². The van der Waals surface area contributed by atoms with Crippen LogP contribution in [0.2, 0.25) is 0 Å². The first-order valence-corrected chi connectivity index (χ1v) is 8.64. The lowest BCUT2D eigenvalue weighted by Crippen LogP contribution is -2.44. The number of alkyl halides is 3. The highest BCUT2D eigenvalue weighted by atomic mass is 32.2. The fourth-order valence-corrected chi connectivity index (χ4v) is 4.29. The summed E-state index contributed by atoms with van der Waals surface area (Å²) in [5, 5.41) is 0. The zero-order valence-corrected chi connectivity index (χ0v) is 13.4. The van der Waals surface area contributed by atoms with Crippen LogP contribution in [0.5, 0.6) is 0 Å². The molecule has 1 aliphatic heterocycles. The SMILES string of the molecule is CC(C)(C)CN(CC(F)(F)F)C(=O)C[C@H]1CCS(=O)(=O)C1. The van der Waals surface area contributed by atoms with Gasteiger partial charge in [0.15, 0.2) is 9.84 Å². The molecule has 0 bridgehead atoms. The van der Waals surface area contributed by atoms with Gasteiger partial charge in [-0.1, -0.05) is 20.8 Å². The van der Waals surface area contributed by atoms with Crippen LogP contribution in [0, 0.1) is 11.3 Å². The second-order valence-electron chi connectivity index (χ2n) is 6.90. The third kappa shape index (κ3) is 7.15. The van der Waals surface area contributed by atoms with E-state index in [0.29, 0.717) is 6.42 Å². The lowest BCUT2D eigenvalue weighted by atomic mass is 9.95. The molecule has 4 nitrogen and oxygen atoms in total. The molecule has 0 N–H and O–H groups in total. The highest BCUT2D eigenvalue weighted by Gasteiger charge is 2.36. The molecule has 0 saturated carbocycles. The van der Waals surface area contributed by atoms with E-state index in [0.717, 1.165) is 4.90 Å². The van der Waals surface area contributed by atoms with Crippen LogP contribution >= 0.6 is 0 Å². The number of nitrogens with zero attached hydrogens (tertiary/aromatic N) is 1. The van der Waals surface area contributed by atoms with Crippen LogP contribution in [-0.4, -0.2) is 50.0 Å². The monoisotopic (exact) mass is 329 g/mol. The first-order chi connectivity index (χ1) is 9.27. The molecule has 0 radical (unpaired) electrons. The summed E-state index contributed by atoms with van der Waals surface area (Å²) in [5.41, 5.74) is -0.456. The number of halogens is 3. The molecule has 0 spiro atoms. The van der Waals surface area contributed by atoms with Gasteiger partial charge >= 0.3 is 6.18 Å². The minimum atomic E-state index is -4.46. The van der Waals surface area contributed by atoms with E-state index in [4.69, 9.17) is 0 Å². The van der Waals surface area contributed by atoms with Crippen molar-refractivity contribution in [2.45, 2.75) is 39.8 Å². The molecule has 124 valence electrons. The summed E-state index contributed by atoms with van der Waals surface area (Å²) in [4.78, 5) is 12.9. The average Bonchev–Trinajstić information content (AvgIpc) is 2.52. The number of amides is 1. The quantitative estimate of drug-likeness (QED) is 0.795. The number of carbonyl (C=O) groups excluding carboxylic acids is 1. The Hall–Kier alpha value is -0.790. The summed E-state index contributed by atoms with van der Waals surface area (Å²) in [6.07, 6.45) is -4.24. The van der Waals surface area contributed by atoms with Gasteiger partial charge < -0.3 is 4.90 Å². The summed E-state index contributed by atoms with van der Waals surface area (Å²) in [6.45, 7) is 3.96. The average molecular weight is 329 g/mol. The highest BCUT2D eigenvalue weighted by Crippen LogP contribution is 2.26. The van der Waals surface area contributed by atoms with Crippen LogP contribution in [-0.2, 0) is 14.6 Å². The zero-order valence-electron chi connectivity index (χ0n) is 12.5. The topological polar surface area (TPSA) is 54.5 Å². The van der Waals surface area contributed by atoms with Crippen molar-refractivity contribution in [2.24, 2.45) is 11.3 Å². The molecule has 1 aliphatic rings. The zero-order chi connectivity index (χ0) is 16.5. The fourth-order valence-electron chi connectivity index (χ4n) is 2.43. The molecule has 0 aromatic heterocycles. The Morgan fingerprint density at radius 1 is 1.19 bits per heavy atom. The Morgan fingerprint density at radius 2 is 1.76 bits per heavy atom. The lowest BCUT2D eigenvalue weighted by molar-refractivity contribution is -0.164. The second kappa shape index (κ2) is 6.14. The Bertz CT molecular complexity index is 464. The predicted octanol–water partition coefficient (Wildman–Crippen LogP) is 2.25. The van der Waals surface area contributed by atoms with Crippen molar-refractivity contribution in [3.05, 3.63) is 0 Å². The molecule has 8 heteroatoms. The van der Waals surface area contributed by atoms with Gasteiger partial charge in [0.25, 0.3) is 0 Å². The number of sulfone groups is 1. The molecule has 21 heavy (non-hydrogen) atoms. The minimum Gasteiger partial charge on any atom is -0.333 e. The smallest absolute Gasteiger partial charge is 0.333 e.